The molecule has 152 valence electrons. The molecule has 4 aliphatic carbocycles. The summed E-state index contributed by atoms with van der Waals surface area (Å²) in [6.45, 7) is 5.57. The fourth-order valence-corrected chi connectivity index (χ4v) is 5.60. The van der Waals surface area contributed by atoms with Crippen LogP contribution in [0.3, 0.4) is 0 Å². The average molecular weight is 385 g/mol. The number of methoxy groups -OCH3 is 2. The molecular formula is C24H32O4. The predicted molar refractivity (Wildman–Crippen MR) is 109 cm³/mol. The highest BCUT2D eigenvalue weighted by molar-refractivity contribution is 5.78. The zero-order valence-corrected chi connectivity index (χ0v) is 17.7. The van der Waals surface area contributed by atoms with E-state index in [1.165, 1.54) is 24.8 Å². The van der Waals surface area contributed by atoms with E-state index in [1.54, 1.807) is 13.2 Å². The highest BCUT2D eigenvalue weighted by Crippen LogP contribution is 2.60. The number of hydrogen-bond donors (Lipinski definition) is 0. The normalized spacial score (nSPS) is 32.6. The van der Waals surface area contributed by atoms with Crippen LogP contribution in [0, 0.1) is 23.2 Å². The van der Waals surface area contributed by atoms with Crippen molar-refractivity contribution in [3.8, 4) is 11.5 Å². The van der Waals surface area contributed by atoms with Gasteiger partial charge in [-0.05, 0) is 93.9 Å². The zero-order valence-electron chi connectivity index (χ0n) is 17.7. The Kier molecular flexibility index (Phi) is 4.81. The summed E-state index contributed by atoms with van der Waals surface area (Å²) in [5.41, 5.74) is 1.77. The van der Waals surface area contributed by atoms with Crippen LogP contribution in [-0.4, -0.2) is 25.8 Å². The fraction of sp³-hybridized carbons (Fsp3) is 0.625. The SMILES string of the molecule is COc1cc(C=C2C3CC4CC(C3)CC2(OC)C4)cc(OC(=O)C(C)(C)C)c1. The van der Waals surface area contributed by atoms with Crippen molar-refractivity contribution >= 4 is 12.0 Å². The predicted octanol–water partition coefficient (Wildman–Crippen LogP) is 5.26. The van der Waals surface area contributed by atoms with E-state index in [0.29, 0.717) is 17.4 Å². The van der Waals surface area contributed by atoms with E-state index in [0.717, 1.165) is 30.2 Å². The lowest BCUT2D eigenvalue weighted by Crippen LogP contribution is -2.53. The third-order valence-corrected chi connectivity index (χ3v) is 6.78. The second-order valence-corrected chi connectivity index (χ2v) is 9.92. The molecule has 0 spiro atoms. The van der Waals surface area contributed by atoms with Crippen LogP contribution >= 0.6 is 0 Å². The number of rotatable bonds is 4. The first-order valence-corrected chi connectivity index (χ1v) is 10.4. The molecule has 1 aromatic carbocycles. The smallest absolute Gasteiger partial charge is 0.316 e. The Morgan fingerprint density at radius 1 is 1.04 bits per heavy atom. The van der Waals surface area contributed by atoms with Crippen molar-refractivity contribution in [2.75, 3.05) is 14.2 Å². The number of carbonyl (C=O) groups excluding carboxylic acids is 1. The van der Waals surface area contributed by atoms with Crippen molar-refractivity contribution in [3.63, 3.8) is 0 Å². The molecule has 0 N–H and O–H groups in total. The van der Waals surface area contributed by atoms with Gasteiger partial charge in [-0.25, -0.2) is 0 Å². The summed E-state index contributed by atoms with van der Waals surface area (Å²) < 4.78 is 17.3. The van der Waals surface area contributed by atoms with Crippen LogP contribution in [0.25, 0.3) is 6.08 Å². The molecule has 28 heavy (non-hydrogen) atoms. The lowest BCUT2D eigenvalue weighted by molar-refractivity contribution is -0.143. The maximum atomic E-state index is 12.3. The van der Waals surface area contributed by atoms with Crippen molar-refractivity contribution in [2.45, 2.75) is 58.5 Å². The molecular weight excluding hydrogens is 352 g/mol. The fourth-order valence-electron chi connectivity index (χ4n) is 5.60. The van der Waals surface area contributed by atoms with E-state index in [-0.39, 0.29) is 11.6 Å². The van der Waals surface area contributed by atoms with Gasteiger partial charge in [0.25, 0.3) is 0 Å². The number of benzene rings is 1. The van der Waals surface area contributed by atoms with E-state index in [9.17, 15) is 4.79 Å². The van der Waals surface area contributed by atoms with Gasteiger partial charge in [0.2, 0.25) is 0 Å². The van der Waals surface area contributed by atoms with Gasteiger partial charge in [0, 0.05) is 13.2 Å². The standard InChI is InChI=1S/C24H32O4/c1-23(2,3)22(25)28-20-10-15(9-19(12-20)26-4)11-21-18-7-16-6-17(8-18)14-24(21,13-16)27-5/h9-12,16-18H,6-8,13-14H2,1-5H3. The van der Waals surface area contributed by atoms with Gasteiger partial charge in [0.05, 0.1) is 18.1 Å². The molecule has 4 nitrogen and oxygen atoms in total. The molecule has 2 atom stereocenters. The van der Waals surface area contributed by atoms with Gasteiger partial charge in [-0.1, -0.05) is 6.08 Å². The van der Waals surface area contributed by atoms with E-state index >= 15 is 0 Å². The van der Waals surface area contributed by atoms with Gasteiger partial charge in [0.1, 0.15) is 11.5 Å². The van der Waals surface area contributed by atoms with E-state index in [1.807, 2.05) is 40.0 Å². The highest BCUT2D eigenvalue weighted by atomic mass is 16.5. The van der Waals surface area contributed by atoms with Crippen molar-refractivity contribution < 1.29 is 19.0 Å². The molecule has 0 aromatic heterocycles. The highest BCUT2D eigenvalue weighted by Gasteiger charge is 2.54. The van der Waals surface area contributed by atoms with Crippen LogP contribution in [0.5, 0.6) is 11.5 Å². The maximum Gasteiger partial charge on any atom is 0.316 e. The number of esters is 1. The molecule has 0 amide bonds. The van der Waals surface area contributed by atoms with Crippen LogP contribution in [0.1, 0.15) is 58.4 Å². The maximum absolute atomic E-state index is 12.3. The van der Waals surface area contributed by atoms with E-state index in [4.69, 9.17) is 14.2 Å². The molecule has 2 unspecified atom stereocenters. The minimum atomic E-state index is -0.552. The van der Waals surface area contributed by atoms with Crippen LogP contribution in [0.2, 0.25) is 0 Å². The van der Waals surface area contributed by atoms with Crippen LogP contribution in [0.4, 0.5) is 0 Å². The minimum absolute atomic E-state index is 0.111. The van der Waals surface area contributed by atoms with Crippen LogP contribution < -0.4 is 9.47 Å². The number of ether oxygens (including phenoxy) is 3. The summed E-state index contributed by atoms with van der Waals surface area (Å²) in [5, 5.41) is 0. The molecule has 5 rings (SSSR count). The summed E-state index contributed by atoms with van der Waals surface area (Å²) in [5.74, 6) is 3.20. The molecule has 1 aromatic rings. The van der Waals surface area contributed by atoms with Gasteiger partial charge in [0.15, 0.2) is 0 Å². The molecule has 4 bridgehead atoms. The molecule has 0 saturated heterocycles. The third kappa shape index (κ3) is 3.47. The zero-order chi connectivity index (χ0) is 20.1. The van der Waals surface area contributed by atoms with Gasteiger partial charge in [-0.3, -0.25) is 4.79 Å². The topological polar surface area (TPSA) is 44.8 Å². The van der Waals surface area contributed by atoms with E-state index in [2.05, 4.69) is 6.08 Å². The summed E-state index contributed by atoms with van der Waals surface area (Å²) in [6, 6.07) is 5.72. The molecule has 0 aliphatic heterocycles. The Bertz CT molecular complexity index is 787. The van der Waals surface area contributed by atoms with Gasteiger partial charge in [-0.2, -0.15) is 0 Å². The first kappa shape index (κ1) is 19.5. The molecule has 4 aliphatic rings. The quantitative estimate of drug-likeness (QED) is 0.525. The van der Waals surface area contributed by atoms with Gasteiger partial charge in [-0.15, -0.1) is 0 Å². The second-order valence-electron chi connectivity index (χ2n) is 9.92. The second kappa shape index (κ2) is 6.91. The lowest BCUT2D eigenvalue weighted by atomic mass is 9.52. The number of carbonyl (C=O) groups is 1. The Morgan fingerprint density at radius 3 is 2.25 bits per heavy atom. The Morgan fingerprint density at radius 2 is 1.68 bits per heavy atom. The van der Waals surface area contributed by atoms with Crippen molar-refractivity contribution in [2.24, 2.45) is 23.2 Å². The lowest BCUT2D eigenvalue weighted by Gasteiger charge is -2.57. The Hall–Kier alpha value is -1.81. The minimum Gasteiger partial charge on any atom is -0.497 e. The molecule has 4 saturated carbocycles. The number of hydrogen-bond acceptors (Lipinski definition) is 4. The Labute approximate surface area is 168 Å². The largest absolute Gasteiger partial charge is 0.497 e. The van der Waals surface area contributed by atoms with E-state index < -0.39 is 5.41 Å². The molecule has 0 radical (unpaired) electrons. The van der Waals surface area contributed by atoms with Crippen molar-refractivity contribution in [1.82, 2.24) is 0 Å². The summed E-state index contributed by atoms with van der Waals surface area (Å²) >= 11 is 0. The summed E-state index contributed by atoms with van der Waals surface area (Å²) in [4.78, 5) is 12.3. The van der Waals surface area contributed by atoms with Gasteiger partial charge < -0.3 is 14.2 Å². The first-order valence-electron chi connectivity index (χ1n) is 10.4. The molecule has 4 heteroatoms. The van der Waals surface area contributed by atoms with Gasteiger partial charge >= 0.3 is 5.97 Å². The van der Waals surface area contributed by atoms with Crippen molar-refractivity contribution in [3.05, 3.63) is 29.3 Å². The van der Waals surface area contributed by atoms with Crippen LogP contribution in [0.15, 0.2) is 23.8 Å². The Balaban J connectivity index is 1.69. The molecule has 0 heterocycles. The van der Waals surface area contributed by atoms with Crippen LogP contribution in [-0.2, 0) is 9.53 Å². The summed E-state index contributed by atoms with van der Waals surface area (Å²) in [6.07, 6.45) is 8.48. The molecule has 4 fully saturated rings. The summed E-state index contributed by atoms with van der Waals surface area (Å²) in [7, 11) is 3.50. The third-order valence-electron chi connectivity index (χ3n) is 6.78. The first-order chi connectivity index (χ1) is 13.2. The van der Waals surface area contributed by atoms with Crippen molar-refractivity contribution in [1.29, 1.82) is 0 Å². The monoisotopic (exact) mass is 384 g/mol. The average Bonchev–Trinajstić information content (AvgIpc) is 2.63.